The van der Waals surface area contributed by atoms with Crippen LogP contribution in [0.15, 0.2) is 0 Å². The van der Waals surface area contributed by atoms with Gasteiger partial charge in [-0.2, -0.15) is 0 Å². The summed E-state index contributed by atoms with van der Waals surface area (Å²) >= 11 is 0. The zero-order chi connectivity index (χ0) is 10.5. The molecule has 0 aliphatic rings. The third-order valence-electron chi connectivity index (χ3n) is 1.58. The first-order valence-electron chi connectivity index (χ1n) is 3.74. The second kappa shape index (κ2) is 4.76. The van der Waals surface area contributed by atoms with Gasteiger partial charge in [-0.25, -0.2) is 14.0 Å². The predicted molar refractivity (Wildman–Crippen MR) is 41.5 cm³/mol. The molecule has 5 nitrogen and oxygen atoms in total. The highest BCUT2D eigenvalue weighted by Gasteiger charge is 2.43. The Labute approximate surface area is 74.7 Å². The highest BCUT2D eigenvalue weighted by Crippen LogP contribution is 2.12. The van der Waals surface area contributed by atoms with Crippen LogP contribution in [0.3, 0.4) is 0 Å². The maximum atomic E-state index is 11.6. The maximum absolute atomic E-state index is 11.6. The van der Waals surface area contributed by atoms with Gasteiger partial charge < -0.3 is 15.6 Å². The number of carbonyl (C=O) groups excluding carboxylic acids is 1. The Morgan fingerprint density at radius 2 is 2.15 bits per heavy atom. The number of aliphatic carboxylic acids is 1. The van der Waals surface area contributed by atoms with Crippen LogP contribution in [-0.2, 0) is 14.3 Å². The third-order valence-corrected chi connectivity index (χ3v) is 1.58. The fourth-order valence-electron chi connectivity index (χ4n) is 0.869. The lowest BCUT2D eigenvalue weighted by atomic mass is 9.95. The van der Waals surface area contributed by atoms with Gasteiger partial charge in [0.1, 0.15) is 0 Å². The average molecular weight is 193 g/mol. The fraction of sp³-hybridized carbons (Fsp3) is 0.714. The van der Waals surface area contributed by atoms with E-state index in [-0.39, 0.29) is 6.42 Å². The van der Waals surface area contributed by atoms with E-state index < -0.39 is 24.3 Å². The number of hydrogen-bond donors (Lipinski definition) is 2. The quantitative estimate of drug-likeness (QED) is 0.475. The van der Waals surface area contributed by atoms with E-state index in [2.05, 4.69) is 4.74 Å². The van der Waals surface area contributed by atoms with Gasteiger partial charge in [-0.05, 0) is 6.42 Å². The van der Waals surface area contributed by atoms with Crippen molar-refractivity contribution in [1.29, 1.82) is 0 Å². The van der Waals surface area contributed by atoms with Crippen molar-refractivity contribution in [1.82, 2.24) is 0 Å². The largest absolute Gasteiger partial charge is 0.479 e. The molecule has 3 N–H and O–H groups in total. The van der Waals surface area contributed by atoms with E-state index in [0.717, 1.165) is 0 Å². The van der Waals surface area contributed by atoms with E-state index in [1.807, 2.05) is 0 Å². The number of nitrogens with two attached hydrogens (primary N) is 1. The van der Waals surface area contributed by atoms with E-state index in [1.165, 1.54) is 0 Å². The molecule has 1 atom stereocenters. The van der Waals surface area contributed by atoms with Crippen molar-refractivity contribution in [3.63, 3.8) is 0 Å². The Kier molecular flexibility index (Phi) is 4.33. The molecule has 0 aliphatic carbocycles. The number of rotatable bonds is 5. The standard InChI is InChI=1S/C7H12FNO4/c1-2-3-7(9,5(10)11)6(12)13-4-8/h2-4,9H2,1H3,(H,10,11). The van der Waals surface area contributed by atoms with Gasteiger partial charge in [0.25, 0.3) is 0 Å². The van der Waals surface area contributed by atoms with Crippen molar-refractivity contribution >= 4 is 11.9 Å². The molecule has 0 bridgehead atoms. The van der Waals surface area contributed by atoms with Crippen LogP contribution in [0.4, 0.5) is 4.39 Å². The zero-order valence-corrected chi connectivity index (χ0v) is 7.25. The molecule has 6 heteroatoms. The Morgan fingerprint density at radius 3 is 2.46 bits per heavy atom. The minimum atomic E-state index is -2.12. The minimum absolute atomic E-state index is 0.0822. The molecule has 76 valence electrons. The van der Waals surface area contributed by atoms with Crippen LogP contribution in [0, 0.1) is 0 Å². The lowest BCUT2D eigenvalue weighted by molar-refractivity contribution is -0.164. The lowest BCUT2D eigenvalue weighted by Crippen LogP contribution is -2.55. The Bertz CT molecular complexity index is 209. The molecule has 13 heavy (non-hydrogen) atoms. The fourth-order valence-corrected chi connectivity index (χ4v) is 0.869. The number of esters is 1. The summed E-state index contributed by atoms with van der Waals surface area (Å²) in [7, 11) is 0. The van der Waals surface area contributed by atoms with Crippen molar-refractivity contribution in [2.45, 2.75) is 25.3 Å². The number of carboxylic acids is 1. The van der Waals surface area contributed by atoms with Gasteiger partial charge in [-0.3, -0.25) is 0 Å². The topological polar surface area (TPSA) is 89.6 Å². The summed E-state index contributed by atoms with van der Waals surface area (Å²) in [6.45, 7) is 0.294. The highest BCUT2D eigenvalue weighted by molar-refractivity contribution is 6.03. The molecular formula is C7H12FNO4. The van der Waals surface area contributed by atoms with Crippen molar-refractivity contribution in [3.8, 4) is 0 Å². The number of ether oxygens (including phenoxy) is 1. The number of carboxylic acid groups (broad SMARTS) is 1. The predicted octanol–water partition coefficient (Wildman–Crippen LogP) is 0.0388. The van der Waals surface area contributed by atoms with E-state index in [4.69, 9.17) is 10.8 Å². The number of alkyl halides is 1. The summed E-state index contributed by atoms with van der Waals surface area (Å²) in [5.41, 5.74) is 3.12. The molecule has 0 saturated carbocycles. The molecule has 0 spiro atoms. The molecule has 1 unspecified atom stereocenters. The molecule has 0 saturated heterocycles. The van der Waals surface area contributed by atoms with Crippen LogP contribution in [0.25, 0.3) is 0 Å². The molecule has 0 aromatic rings. The van der Waals surface area contributed by atoms with Crippen molar-refractivity contribution < 1.29 is 23.8 Å². The van der Waals surface area contributed by atoms with Gasteiger partial charge in [0, 0.05) is 0 Å². The van der Waals surface area contributed by atoms with E-state index in [0.29, 0.717) is 6.42 Å². The third kappa shape index (κ3) is 2.66. The normalized spacial score (nSPS) is 14.7. The average Bonchev–Trinajstić information content (AvgIpc) is 2.04. The maximum Gasteiger partial charge on any atom is 0.340 e. The number of carbonyl (C=O) groups is 2. The second-order valence-electron chi connectivity index (χ2n) is 2.57. The summed E-state index contributed by atoms with van der Waals surface area (Å²) in [5, 5.41) is 8.61. The molecule has 0 aromatic carbocycles. The first-order valence-corrected chi connectivity index (χ1v) is 3.74. The lowest BCUT2D eigenvalue weighted by Gasteiger charge is -2.20. The van der Waals surface area contributed by atoms with E-state index in [1.54, 1.807) is 6.92 Å². The smallest absolute Gasteiger partial charge is 0.340 e. The summed E-state index contributed by atoms with van der Waals surface area (Å²) in [6.07, 6.45) is 0.311. The van der Waals surface area contributed by atoms with Gasteiger partial charge in [-0.15, -0.1) is 0 Å². The van der Waals surface area contributed by atoms with Gasteiger partial charge in [0.2, 0.25) is 12.4 Å². The number of halogens is 1. The molecular weight excluding hydrogens is 181 g/mol. The van der Waals surface area contributed by atoms with Gasteiger partial charge in [0.15, 0.2) is 0 Å². The monoisotopic (exact) mass is 193 g/mol. The van der Waals surface area contributed by atoms with Crippen molar-refractivity contribution in [2.24, 2.45) is 5.73 Å². The highest BCUT2D eigenvalue weighted by atomic mass is 19.1. The van der Waals surface area contributed by atoms with Crippen molar-refractivity contribution in [3.05, 3.63) is 0 Å². The molecule has 0 heterocycles. The Morgan fingerprint density at radius 1 is 1.62 bits per heavy atom. The van der Waals surface area contributed by atoms with E-state index in [9.17, 15) is 14.0 Å². The zero-order valence-electron chi connectivity index (χ0n) is 7.25. The number of hydrogen-bond acceptors (Lipinski definition) is 4. The van der Waals surface area contributed by atoms with Crippen molar-refractivity contribution in [2.75, 3.05) is 6.86 Å². The van der Waals surface area contributed by atoms with Crippen LogP contribution >= 0.6 is 0 Å². The SMILES string of the molecule is CCCC(N)(C(=O)O)C(=O)OCF. The minimum Gasteiger partial charge on any atom is -0.479 e. The first kappa shape index (κ1) is 11.8. The molecule has 0 fully saturated rings. The first-order chi connectivity index (χ1) is 5.99. The van der Waals surface area contributed by atoms with Gasteiger partial charge >= 0.3 is 11.9 Å². The molecule has 0 amide bonds. The summed E-state index contributed by atoms with van der Waals surface area (Å²) in [6, 6.07) is 0. The molecule has 0 rings (SSSR count). The van der Waals surface area contributed by atoms with Crippen LogP contribution in [0.2, 0.25) is 0 Å². The van der Waals surface area contributed by atoms with Gasteiger partial charge in [-0.1, -0.05) is 13.3 Å². The summed E-state index contributed by atoms with van der Waals surface area (Å²) in [4.78, 5) is 21.5. The van der Waals surface area contributed by atoms with Crippen LogP contribution in [0.5, 0.6) is 0 Å². The van der Waals surface area contributed by atoms with Gasteiger partial charge in [0.05, 0.1) is 0 Å². The second-order valence-corrected chi connectivity index (χ2v) is 2.57. The van der Waals surface area contributed by atoms with Crippen LogP contribution in [0.1, 0.15) is 19.8 Å². The molecule has 0 aliphatic heterocycles. The molecule has 0 radical (unpaired) electrons. The summed E-state index contributed by atoms with van der Waals surface area (Å²) < 4.78 is 15.5. The Balaban J connectivity index is 4.57. The van der Waals surface area contributed by atoms with E-state index >= 15 is 0 Å². The molecule has 0 aromatic heterocycles. The summed E-state index contributed by atoms with van der Waals surface area (Å²) in [5.74, 6) is -2.75. The van der Waals surface area contributed by atoms with Crippen LogP contribution < -0.4 is 5.73 Å². The Hall–Kier alpha value is -1.17. The van der Waals surface area contributed by atoms with Crippen LogP contribution in [-0.4, -0.2) is 29.4 Å².